The number of carbonyl (C=O) groups excluding carboxylic acids is 2. The number of hydrogen-bond donors (Lipinski definition) is 0. The summed E-state index contributed by atoms with van der Waals surface area (Å²) in [5, 5.41) is 10.9. The molecule has 0 aromatic heterocycles. The fourth-order valence-corrected chi connectivity index (χ4v) is 2.30. The minimum atomic E-state index is -0.698. The molecule has 0 spiro atoms. The third-order valence-electron chi connectivity index (χ3n) is 3.61. The van der Waals surface area contributed by atoms with Crippen molar-refractivity contribution in [2.45, 2.75) is 20.0 Å². The molecule has 2 rings (SSSR count). The SMILES string of the molecule is CCCOC(=O)c1ccccc1C(=O)OCc1ccc([N+](=O)[O-])c(OC)c1. The monoisotopic (exact) mass is 373 g/mol. The lowest BCUT2D eigenvalue weighted by Crippen LogP contribution is -2.14. The highest BCUT2D eigenvalue weighted by molar-refractivity contribution is 6.03. The maximum absolute atomic E-state index is 12.4. The van der Waals surface area contributed by atoms with E-state index in [1.54, 1.807) is 12.1 Å². The molecule has 0 amide bonds. The molecule has 0 radical (unpaired) electrons. The number of hydrogen-bond acceptors (Lipinski definition) is 7. The number of nitro benzene ring substituents is 1. The molecule has 0 aliphatic heterocycles. The zero-order valence-corrected chi connectivity index (χ0v) is 15.0. The standard InChI is InChI=1S/C19H19NO7/c1-3-10-26-18(21)14-6-4-5-7-15(14)19(22)27-12-13-8-9-16(20(23)24)17(11-13)25-2/h4-9,11H,3,10,12H2,1-2H3. The highest BCUT2D eigenvalue weighted by Crippen LogP contribution is 2.28. The fraction of sp³-hybridized carbons (Fsp3) is 0.263. The minimum absolute atomic E-state index is 0.0668. The Kier molecular flexibility index (Phi) is 6.87. The average Bonchev–Trinajstić information content (AvgIpc) is 2.69. The number of ether oxygens (including phenoxy) is 3. The Morgan fingerprint density at radius 3 is 2.22 bits per heavy atom. The number of carbonyl (C=O) groups is 2. The predicted octanol–water partition coefficient (Wildman–Crippen LogP) is 3.53. The van der Waals surface area contributed by atoms with Crippen LogP contribution < -0.4 is 4.74 Å². The zero-order valence-electron chi connectivity index (χ0n) is 15.0. The van der Waals surface area contributed by atoms with E-state index in [9.17, 15) is 19.7 Å². The first-order valence-electron chi connectivity index (χ1n) is 8.22. The fourth-order valence-electron chi connectivity index (χ4n) is 2.30. The van der Waals surface area contributed by atoms with Crippen molar-refractivity contribution >= 4 is 17.6 Å². The van der Waals surface area contributed by atoms with Crippen molar-refractivity contribution in [1.29, 1.82) is 0 Å². The summed E-state index contributed by atoms with van der Waals surface area (Å²) in [7, 11) is 1.32. The molecule has 0 atom stereocenters. The quantitative estimate of drug-likeness (QED) is 0.396. The van der Waals surface area contributed by atoms with Crippen LogP contribution in [0.3, 0.4) is 0 Å². The Balaban J connectivity index is 2.12. The van der Waals surface area contributed by atoms with Crippen molar-refractivity contribution in [3.8, 4) is 5.75 Å². The van der Waals surface area contributed by atoms with E-state index in [4.69, 9.17) is 14.2 Å². The molecule has 0 saturated carbocycles. The lowest BCUT2D eigenvalue weighted by atomic mass is 10.1. The maximum Gasteiger partial charge on any atom is 0.339 e. The molecule has 0 aliphatic rings. The maximum atomic E-state index is 12.4. The second-order valence-corrected chi connectivity index (χ2v) is 5.52. The molecule has 0 saturated heterocycles. The molecule has 0 aliphatic carbocycles. The van der Waals surface area contributed by atoms with Crippen molar-refractivity contribution < 1.29 is 28.7 Å². The Labute approximate surface area is 155 Å². The molecule has 0 fully saturated rings. The number of benzene rings is 2. The van der Waals surface area contributed by atoms with E-state index in [1.165, 1.54) is 37.4 Å². The summed E-state index contributed by atoms with van der Waals surface area (Å²) in [6.45, 7) is 1.99. The molecule has 2 aromatic carbocycles. The summed E-state index contributed by atoms with van der Waals surface area (Å²) in [4.78, 5) is 34.8. The van der Waals surface area contributed by atoms with Crippen molar-refractivity contribution in [3.05, 3.63) is 69.3 Å². The first-order valence-corrected chi connectivity index (χ1v) is 8.22. The van der Waals surface area contributed by atoms with Gasteiger partial charge in [-0.3, -0.25) is 10.1 Å². The minimum Gasteiger partial charge on any atom is -0.490 e. The van der Waals surface area contributed by atoms with Gasteiger partial charge in [0.25, 0.3) is 0 Å². The van der Waals surface area contributed by atoms with Gasteiger partial charge in [0.1, 0.15) is 6.61 Å². The second kappa shape index (κ2) is 9.33. The van der Waals surface area contributed by atoms with Crippen molar-refractivity contribution in [3.63, 3.8) is 0 Å². The number of nitrogens with zero attached hydrogens (tertiary/aromatic N) is 1. The van der Waals surface area contributed by atoms with Crippen molar-refractivity contribution in [2.24, 2.45) is 0 Å². The first-order chi connectivity index (χ1) is 13.0. The first kappa shape index (κ1) is 19.9. The Morgan fingerprint density at radius 1 is 1.04 bits per heavy atom. The molecule has 142 valence electrons. The Bertz CT molecular complexity index is 848. The summed E-state index contributed by atoms with van der Waals surface area (Å²) in [6, 6.07) is 10.4. The van der Waals surface area contributed by atoms with E-state index >= 15 is 0 Å². The predicted molar refractivity (Wildman–Crippen MR) is 95.8 cm³/mol. The van der Waals surface area contributed by atoms with E-state index in [-0.39, 0.29) is 35.8 Å². The molecule has 0 N–H and O–H groups in total. The Morgan fingerprint density at radius 2 is 1.67 bits per heavy atom. The van der Waals surface area contributed by atoms with Crippen molar-refractivity contribution in [2.75, 3.05) is 13.7 Å². The number of methoxy groups -OCH3 is 1. The topological polar surface area (TPSA) is 105 Å². The smallest absolute Gasteiger partial charge is 0.339 e. The third kappa shape index (κ3) is 5.04. The van der Waals surface area contributed by atoms with Crippen LogP contribution in [0.25, 0.3) is 0 Å². The lowest BCUT2D eigenvalue weighted by molar-refractivity contribution is -0.385. The summed E-state index contributed by atoms with van der Waals surface area (Å²) < 4.78 is 15.3. The van der Waals surface area contributed by atoms with Crippen LogP contribution in [0.15, 0.2) is 42.5 Å². The van der Waals surface area contributed by atoms with Crippen LogP contribution in [0.4, 0.5) is 5.69 Å². The summed E-state index contributed by atoms with van der Waals surface area (Å²) >= 11 is 0. The highest BCUT2D eigenvalue weighted by atomic mass is 16.6. The summed E-state index contributed by atoms with van der Waals surface area (Å²) in [5.74, 6) is -1.23. The van der Waals surface area contributed by atoms with Gasteiger partial charge in [0.15, 0.2) is 5.75 Å². The van der Waals surface area contributed by atoms with Gasteiger partial charge >= 0.3 is 17.6 Å². The molecular weight excluding hydrogens is 354 g/mol. The molecule has 0 unspecified atom stereocenters. The van der Waals surface area contributed by atoms with Crippen LogP contribution in [0, 0.1) is 10.1 Å². The van der Waals surface area contributed by atoms with Gasteiger partial charge in [-0.25, -0.2) is 9.59 Å². The van der Waals surface area contributed by atoms with E-state index < -0.39 is 16.9 Å². The van der Waals surface area contributed by atoms with E-state index in [0.717, 1.165) is 0 Å². The van der Waals surface area contributed by atoms with Crippen LogP contribution in [-0.2, 0) is 16.1 Å². The van der Waals surface area contributed by atoms with Gasteiger partial charge in [0.2, 0.25) is 0 Å². The van der Waals surface area contributed by atoms with Crippen molar-refractivity contribution in [1.82, 2.24) is 0 Å². The van der Waals surface area contributed by atoms with Gasteiger partial charge in [0, 0.05) is 6.07 Å². The van der Waals surface area contributed by atoms with Crippen LogP contribution in [0.5, 0.6) is 5.75 Å². The molecule has 0 bridgehead atoms. The highest BCUT2D eigenvalue weighted by Gasteiger charge is 2.20. The van der Waals surface area contributed by atoms with Crippen LogP contribution in [0.2, 0.25) is 0 Å². The third-order valence-corrected chi connectivity index (χ3v) is 3.61. The molecular formula is C19H19NO7. The van der Waals surface area contributed by atoms with Crippen LogP contribution in [0.1, 0.15) is 39.6 Å². The summed E-state index contributed by atoms with van der Waals surface area (Å²) in [6.07, 6.45) is 0.667. The lowest BCUT2D eigenvalue weighted by Gasteiger charge is -2.10. The second-order valence-electron chi connectivity index (χ2n) is 5.52. The van der Waals surface area contributed by atoms with Gasteiger partial charge in [-0.2, -0.15) is 0 Å². The molecule has 2 aromatic rings. The van der Waals surface area contributed by atoms with Crippen LogP contribution in [-0.4, -0.2) is 30.6 Å². The molecule has 8 nitrogen and oxygen atoms in total. The van der Waals surface area contributed by atoms with Gasteiger partial charge < -0.3 is 14.2 Å². The van der Waals surface area contributed by atoms with E-state index in [2.05, 4.69) is 0 Å². The van der Waals surface area contributed by atoms with E-state index in [1.807, 2.05) is 6.92 Å². The Hall–Kier alpha value is -3.42. The molecule has 0 heterocycles. The number of esters is 2. The summed E-state index contributed by atoms with van der Waals surface area (Å²) in [5.41, 5.74) is 0.540. The molecule has 27 heavy (non-hydrogen) atoms. The zero-order chi connectivity index (χ0) is 19.8. The normalized spacial score (nSPS) is 10.1. The van der Waals surface area contributed by atoms with Gasteiger partial charge in [-0.1, -0.05) is 19.1 Å². The van der Waals surface area contributed by atoms with Gasteiger partial charge in [-0.05, 0) is 36.2 Å². The van der Waals surface area contributed by atoms with Gasteiger partial charge in [0.05, 0.1) is 29.8 Å². The van der Waals surface area contributed by atoms with Gasteiger partial charge in [-0.15, -0.1) is 0 Å². The average molecular weight is 373 g/mol. The number of rotatable bonds is 8. The van der Waals surface area contributed by atoms with Crippen LogP contribution >= 0.6 is 0 Å². The van der Waals surface area contributed by atoms with E-state index in [0.29, 0.717) is 12.0 Å². The largest absolute Gasteiger partial charge is 0.490 e. The molecule has 8 heteroatoms. The number of nitro groups is 1.